The molecule has 0 spiro atoms. The summed E-state index contributed by atoms with van der Waals surface area (Å²) in [4.78, 5) is 6.81. The maximum atomic E-state index is 5.66. The summed E-state index contributed by atoms with van der Waals surface area (Å²) in [5.74, 6) is 2.70. The monoisotopic (exact) mass is 380 g/mol. The van der Waals surface area contributed by atoms with E-state index in [-0.39, 0.29) is 0 Å². The molecule has 4 nitrogen and oxygen atoms in total. The highest BCUT2D eigenvalue weighted by atomic mass is 127. The zero-order valence-electron chi connectivity index (χ0n) is 10.4. The summed E-state index contributed by atoms with van der Waals surface area (Å²) in [6.45, 7) is 4.05. The predicted octanol–water partition coefficient (Wildman–Crippen LogP) is 2.26. The fourth-order valence-corrected chi connectivity index (χ4v) is 2.51. The molecule has 0 aliphatic carbocycles. The van der Waals surface area contributed by atoms with Gasteiger partial charge in [-0.25, -0.2) is 0 Å². The number of rotatable bonds is 5. The first-order chi connectivity index (χ1) is 8.79. The van der Waals surface area contributed by atoms with E-state index in [2.05, 4.69) is 44.8 Å². The van der Waals surface area contributed by atoms with Gasteiger partial charge in [-0.3, -0.25) is 0 Å². The van der Waals surface area contributed by atoms with Gasteiger partial charge in [-0.05, 0) is 34.9 Å². The van der Waals surface area contributed by atoms with Gasteiger partial charge >= 0.3 is 0 Å². The van der Waals surface area contributed by atoms with Crippen molar-refractivity contribution in [2.24, 2.45) is 0 Å². The van der Waals surface area contributed by atoms with Gasteiger partial charge in [0.2, 0.25) is 5.88 Å². The molecule has 2 rings (SSSR count). The van der Waals surface area contributed by atoms with E-state index in [0.29, 0.717) is 6.61 Å². The number of pyridine rings is 1. The Labute approximate surface area is 126 Å². The first-order valence-electron chi connectivity index (χ1n) is 5.91. The lowest BCUT2D eigenvalue weighted by molar-refractivity contribution is 0.122. The number of ether oxygens (including phenoxy) is 2. The Bertz CT molecular complexity index is 386. The third kappa shape index (κ3) is 4.17. The number of nitrogens with zero attached hydrogens (tertiary/aromatic N) is 2. The van der Waals surface area contributed by atoms with Crippen molar-refractivity contribution in [3.05, 3.63) is 15.7 Å². The van der Waals surface area contributed by atoms with E-state index < -0.39 is 0 Å². The fraction of sp³-hybridized carbons (Fsp3) is 0.583. The molecule has 18 heavy (non-hydrogen) atoms. The summed E-state index contributed by atoms with van der Waals surface area (Å²) in [5.41, 5.74) is 0. The SMILES string of the molecule is CSCCOc1cc(I)cc(N2CCOCC2)n1. The minimum absolute atomic E-state index is 0.705. The van der Waals surface area contributed by atoms with Gasteiger partial charge in [0.15, 0.2) is 0 Å². The smallest absolute Gasteiger partial charge is 0.216 e. The summed E-state index contributed by atoms with van der Waals surface area (Å²) in [6.07, 6.45) is 2.07. The molecule has 1 fully saturated rings. The Hall–Kier alpha value is -0.210. The molecule has 0 radical (unpaired) electrons. The highest BCUT2D eigenvalue weighted by molar-refractivity contribution is 14.1. The highest BCUT2D eigenvalue weighted by Crippen LogP contribution is 2.21. The number of hydrogen-bond donors (Lipinski definition) is 0. The van der Waals surface area contributed by atoms with Crippen LogP contribution >= 0.6 is 34.4 Å². The lowest BCUT2D eigenvalue weighted by Gasteiger charge is -2.28. The molecule has 0 N–H and O–H groups in total. The molecule has 6 heteroatoms. The first kappa shape index (κ1) is 14.2. The fourth-order valence-electron chi connectivity index (χ4n) is 1.72. The summed E-state index contributed by atoms with van der Waals surface area (Å²) in [5, 5.41) is 0. The van der Waals surface area contributed by atoms with E-state index in [9.17, 15) is 0 Å². The van der Waals surface area contributed by atoms with Gasteiger partial charge in [0.25, 0.3) is 0 Å². The van der Waals surface area contributed by atoms with Gasteiger partial charge in [0, 0.05) is 28.5 Å². The third-order valence-corrected chi connectivity index (χ3v) is 3.82. The van der Waals surface area contributed by atoms with Gasteiger partial charge in [0.05, 0.1) is 19.8 Å². The second kappa shape index (κ2) is 7.40. The van der Waals surface area contributed by atoms with Crippen molar-refractivity contribution in [2.45, 2.75) is 0 Å². The summed E-state index contributed by atoms with van der Waals surface area (Å²) < 4.78 is 12.2. The summed E-state index contributed by atoms with van der Waals surface area (Å²) >= 11 is 4.08. The molecule has 0 amide bonds. The molecule has 1 aromatic rings. The van der Waals surface area contributed by atoms with E-state index in [1.807, 2.05) is 6.07 Å². The second-order valence-corrected chi connectivity index (χ2v) is 6.15. The Kier molecular flexibility index (Phi) is 5.84. The van der Waals surface area contributed by atoms with Gasteiger partial charge in [0.1, 0.15) is 5.82 Å². The Morgan fingerprint density at radius 3 is 2.94 bits per heavy atom. The molecule has 0 atom stereocenters. The molecular formula is C12H17IN2O2S. The Morgan fingerprint density at radius 1 is 1.44 bits per heavy atom. The standard InChI is InChI=1S/C12H17IN2O2S/c1-18-7-6-17-12-9-10(13)8-11(14-12)15-2-4-16-5-3-15/h8-9H,2-7H2,1H3. The Morgan fingerprint density at radius 2 is 2.22 bits per heavy atom. The van der Waals surface area contributed by atoms with Crippen molar-refractivity contribution >= 4 is 40.2 Å². The largest absolute Gasteiger partial charge is 0.477 e. The van der Waals surface area contributed by atoms with Crippen LogP contribution in [0.15, 0.2) is 12.1 Å². The lowest BCUT2D eigenvalue weighted by Crippen LogP contribution is -2.36. The van der Waals surface area contributed by atoms with E-state index in [4.69, 9.17) is 9.47 Å². The maximum Gasteiger partial charge on any atom is 0.216 e. The van der Waals surface area contributed by atoms with Crippen molar-refractivity contribution in [1.82, 2.24) is 4.98 Å². The average Bonchev–Trinajstić information content (AvgIpc) is 2.39. The van der Waals surface area contributed by atoms with Crippen LogP contribution in [-0.2, 0) is 4.74 Å². The van der Waals surface area contributed by atoms with Crippen molar-refractivity contribution in [3.63, 3.8) is 0 Å². The van der Waals surface area contributed by atoms with Gasteiger partial charge in [-0.2, -0.15) is 16.7 Å². The summed E-state index contributed by atoms with van der Waals surface area (Å²) in [6, 6.07) is 4.07. The van der Waals surface area contributed by atoms with E-state index in [1.165, 1.54) is 0 Å². The molecule has 0 bridgehead atoms. The Balaban J connectivity index is 2.05. The summed E-state index contributed by atoms with van der Waals surface area (Å²) in [7, 11) is 0. The number of anilines is 1. The highest BCUT2D eigenvalue weighted by Gasteiger charge is 2.14. The van der Waals surface area contributed by atoms with Crippen LogP contribution in [0, 0.1) is 3.57 Å². The average molecular weight is 380 g/mol. The molecular weight excluding hydrogens is 363 g/mol. The van der Waals surface area contributed by atoms with Gasteiger partial charge in [-0.15, -0.1) is 0 Å². The normalized spacial score (nSPS) is 15.8. The van der Waals surface area contributed by atoms with E-state index in [1.54, 1.807) is 11.8 Å². The molecule has 2 heterocycles. The number of morpholine rings is 1. The zero-order chi connectivity index (χ0) is 12.8. The van der Waals surface area contributed by atoms with Crippen LogP contribution in [0.5, 0.6) is 5.88 Å². The topological polar surface area (TPSA) is 34.6 Å². The number of hydrogen-bond acceptors (Lipinski definition) is 5. The second-order valence-electron chi connectivity index (χ2n) is 3.92. The molecule has 1 saturated heterocycles. The first-order valence-corrected chi connectivity index (χ1v) is 8.39. The van der Waals surface area contributed by atoms with Crippen LogP contribution in [-0.4, -0.2) is 49.9 Å². The van der Waals surface area contributed by atoms with Crippen LogP contribution in [0.2, 0.25) is 0 Å². The van der Waals surface area contributed by atoms with Crippen molar-refractivity contribution < 1.29 is 9.47 Å². The van der Waals surface area contributed by atoms with Crippen molar-refractivity contribution in [1.29, 1.82) is 0 Å². The van der Waals surface area contributed by atoms with Crippen molar-refractivity contribution in [2.75, 3.05) is 49.8 Å². The molecule has 0 unspecified atom stereocenters. The minimum atomic E-state index is 0.705. The number of aromatic nitrogens is 1. The molecule has 100 valence electrons. The lowest BCUT2D eigenvalue weighted by atomic mass is 10.3. The zero-order valence-corrected chi connectivity index (χ0v) is 13.4. The van der Waals surface area contributed by atoms with Crippen molar-refractivity contribution in [3.8, 4) is 5.88 Å². The van der Waals surface area contributed by atoms with Crippen LogP contribution in [0.3, 0.4) is 0 Å². The molecule has 0 aromatic carbocycles. The predicted molar refractivity (Wildman–Crippen MR) is 83.9 cm³/mol. The molecule has 1 aliphatic heterocycles. The number of thioether (sulfide) groups is 1. The molecule has 1 aliphatic rings. The minimum Gasteiger partial charge on any atom is -0.477 e. The van der Waals surface area contributed by atoms with Crippen LogP contribution in [0.4, 0.5) is 5.82 Å². The van der Waals surface area contributed by atoms with Gasteiger partial charge < -0.3 is 14.4 Å². The maximum absolute atomic E-state index is 5.66. The molecule has 1 aromatic heterocycles. The van der Waals surface area contributed by atoms with Crippen LogP contribution < -0.4 is 9.64 Å². The number of halogens is 1. The third-order valence-electron chi connectivity index (χ3n) is 2.63. The van der Waals surface area contributed by atoms with E-state index >= 15 is 0 Å². The van der Waals surface area contributed by atoms with Crippen LogP contribution in [0.1, 0.15) is 0 Å². The van der Waals surface area contributed by atoms with Crippen LogP contribution in [0.25, 0.3) is 0 Å². The van der Waals surface area contributed by atoms with E-state index in [0.717, 1.165) is 47.3 Å². The molecule has 0 saturated carbocycles. The quantitative estimate of drug-likeness (QED) is 0.579. The van der Waals surface area contributed by atoms with Gasteiger partial charge in [-0.1, -0.05) is 0 Å².